The van der Waals surface area contributed by atoms with Gasteiger partial charge in [-0.25, -0.2) is 0 Å². The van der Waals surface area contributed by atoms with E-state index in [0.29, 0.717) is 21.4 Å². The van der Waals surface area contributed by atoms with Crippen LogP contribution in [0.1, 0.15) is 32.6 Å². The predicted molar refractivity (Wildman–Crippen MR) is 76.1 cm³/mol. The van der Waals surface area contributed by atoms with Crippen LogP contribution in [0.5, 0.6) is 0 Å². The van der Waals surface area contributed by atoms with E-state index in [-0.39, 0.29) is 11.3 Å². The summed E-state index contributed by atoms with van der Waals surface area (Å²) in [5.74, 6) is 0.0249. The third-order valence-electron chi connectivity index (χ3n) is 3.59. The zero-order valence-corrected chi connectivity index (χ0v) is 11.7. The van der Waals surface area contributed by atoms with E-state index in [0.717, 1.165) is 25.7 Å². The van der Waals surface area contributed by atoms with E-state index >= 15 is 0 Å². The Kier molecular flexibility index (Phi) is 3.74. The molecule has 0 saturated heterocycles. The van der Waals surface area contributed by atoms with E-state index in [1.54, 1.807) is 12.1 Å². The number of hydrogen-bond donors (Lipinski definition) is 2. The van der Waals surface area contributed by atoms with Gasteiger partial charge in [0.05, 0.1) is 15.7 Å². The molecule has 0 radical (unpaired) electrons. The summed E-state index contributed by atoms with van der Waals surface area (Å²) < 4.78 is 0. The Bertz CT molecular complexity index is 459. The summed E-state index contributed by atoms with van der Waals surface area (Å²) in [6.07, 6.45) is 4.06. The monoisotopic (exact) mass is 286 g/mol. The maximum atomic E-state index is 12.2. The standard InChI is InChI=1S/C13H16Cl2N2O/c1-13(4-2-3-5-13)12(18)17-8-6-9(14)11(16)10(15)7-8/h6-7H,2-5,16H2,1H3,(H,17,18). The summed E-state index contributed by atoms with van der Waals surface area (Å²) in [6.45, 7) is 2.00. The zero-order valence-electron chi connectivity index (χ0n) is 10.2. The summed E-state index contributed by atoms with van der Waals surface area (Å²) in [5.41, 5.74) is 6.31. The molecular weight excluding hydrogens is 271 g/mol. The minimum Gasteiger partial charge on any atom is -0.396 e. The maximum Gasteiger partial charge on any atom is 0.230 e. The molecule has 18 heavy (non-hydrogen) atoms. The van der Waals surface area contributed by atoms with Crippen molar-refractivity contribution in [2.75, 3.05) is 11.1 Å². The number of nitrogens with one attached hydrogen (secondary N) is 1. The molecule has 0 aromatic heterocycles. The quantitative estimate of drug-likeness (QED) is 0.805. The lowest BCUT2D eigenvalue weighted by molar-refractivity contribution is -0.124. The number of nitrogens with two attached hydrogens (primary N) is 1. The Hall–Kier alpha value is -0.930. The van der Waals surface area contributed by atoms with Gasteiger partial charge < -0.3 is 11.1 Å². The maximum absolute atomic E-state index is 12.2. The second kappa shape index (κ2) is 4.98. The fraction of sp³-hybridized carbons (Fsp3) is 0.462. The molecule has 1 aliphatic rings. The van der Waals surface area contributed by atoms with Crippen LogP contribution in [0.25, 0.3) is 0 Å². The van der Waals surface area contributed by atoms with Gasteiger partial charge in [-0.05, 0) is 25.0 Å². The third kappa shape index (κ3) is 2.57. The van der Waals surface area contributed by atoms with Crippen molar-refractivity contribution in [3.05, 3.63) is 22.2 Å². The fourth-order valence-corrected chi connectivity index (χ4v) is 2.81. The number of anilines is 2. The molecule has 0 unspecified atom stereocenters. The van der Waals surface area contributed by atoms with Gasteiger partial charge in [-0.2, -0.15) is 0 Å². The van der Waals surface area contributed by atoms with Crippen molar-refractivity contribution in [1.29, 1.82) is 0 Å². The Morgan fingerprint density at radius 3 is 2.28 bits per heavy atom. The lowest BCUT2D eigenvalue weighted by Crippen LogP contribution is -2.30. The molecule has 0 bridgehead atoms. The molecule has 0 atom stereocenters. The van der Waals surface area contributed by atoms with E-state index in [2.05, 4.69) is 5.32 Å². The second-order valence-electron chi connectivity index (χ2n) is 5.08. The first-order valence-electron chi connectivity index (χ1n) is 5.98. The molecule has 3 N–H and O–H groups in total. The molecule has 98 valence electrons. The lowest BCUT2D eigenvalue weighted by Gasteiger charge is -2.22. The second-order valence-corrected chi connectivity index (χ2v) is 5.89. The Morgan fingerprint density at radius 1 is 1.28 bits per heavy atom. The van der Waals surface area contributed by atoms with Gasteiger partial charge in [0.2, 0.25) is 5.91 Å². The van der Waals surface area contributed by atoms with E-state index in [9.17, 15) is 4.79 Å². The van der Waals surface area contributed by atoms with Gasteiger partial charge in [0.15, 0.2) is 0 Å². The van der Waals surface area contributed by atoms with E-state index in [4.69, 9.17) is 28.9 Å². The van der Waals surface area contributed by atoms with Crippen molar-refractivity contribution in [3.8, 4) is 0 Å². The number of nitrogen functional groups attached to an aromatic ring is 1. The van der Waals surface area contributed by atoms with Gasteiger partial charge >= 0.3 is 0 Å². The summed E-state index contributed by atoms with van der Waals surface area (Å²) in [6, 6.07) is 3.25. The molecule has 1 fully saturated rings. The van der Waals surface area contributed by atoms with Crippen LogP contribution in [0.15, 0.2) is 12.1 Å². The highest BCUT2D eigenvalue weighted by atomic mass is 35.5. The van der Waals surface area contributed by atoms with Crippen molar-refractivity contribution in [2.45, 2.75) is 32.6 Å². The van der Waals surface area contributed by atoms with Crippen LogP contribution in [0, 0.1) is 5.41 Å². The van der Waals surface area contributed by atoms with Gasteiger partial charge in [0, 0.05) is 11.1 Å². The fourth-order valence-electron chi connectivity index (χ4n) is 2.32. The lowest BCUT2D eigenvalue weighted by atomic mass is 9.88. The van der Waals surface area contributed by atoms with E-state index in [1.165, 1.54) is 0 Å². The van der Waals surface area contributed by atoms with Crippen molar-refractivity contribution in [3.63, 3.8) is 0 Å². The topological polar surface area (TPSA) is 55.1 Å². The van der Waals surface area contributed by atoms with Crippen LogP contribution in [-0.2, 0) is 4.79 Å². The first-order valence-corrected chi connectivity index (χ1v) is 6.74. The third-order valence-corrected chi connectivity index (χ3v) is 4.22. The van der Waals surface area contributed by atoms with Crippen LogP contribution < -0.4 is 11.1 Å². The van der Waals surface area contributed by atoms with Crippen molar-refractivity contribution in [1.82, 2.24) is 0 Å². The van der Waals surface area contributed by atoms with E-state index in [1.807, 2.05) is 6.92 Å². The predicted octanol–water partition coefficient (Wildman–Crippen LogP) is 4.09. The average Bonchev–Trinajstić information content (AvgIpc) is 2.74. The smallest absolute Gasteiger partial charge is 0.230 e. The SMILES string of the molecule is CC1(C(=O)Nc2cc(Cl)c(N)c(Cl)c2)CCCC1. The molecule has 3 nitrogen and oxygen atoms in total. The summed E-state index contributed by atoms with van der Waals surface area (Å²) in [5, 5.41) is 3.58. The number of benzene rings is 1. The minimum absolute atomic E-state index is 0.0249. The summed E-state index contributed by atoms with van der Waals surface area (Å²) >= 11 is 11.9. The number of amides is 1. The molecule has 2 rings (SSSR count). The number of hydrogen-bond acceptors (Lipinski definition) is 2. The number of rotatable bonds is 2. The zero-order chi connectivity index (χ0) is 13.3. The first-order chi connectivity index (χ1) is 8.42. The van der Waals surface area contributed by atoms with Gasteiger partial charge in [-0.15, -0.1) is 0 Å². The molecule has 5 heteroatoms. The molecule has 1 aliphatic carbocycles. The van der Waals surface area contributed by atoms with Crippen LogP contribution in [0.4, 0.5) is 11.4 Å². The molecule has 0 heterocycles. The number of halogens is 2. The first kappa shape index (κ1) is 13.5. The van der Waals surface area contributed by atoms with Crippen LogP contribution in [-0.4, -0.2) is 5.91 Å². The number of carbonyl (C=O) groups excluding carboxylic acids is 1. The van der Waals surface area contributed by atoms with Gasteiger partial charge in [0.25, 0.3) is 0 Å². The van der Waals surface area contributed by atoms with Gasteiger partial charge in [-0.1, -0.05) is 43.0 Å². The molecule has 1 aromatic rings. The average molecular weight is 287 g/mol. The van der Waals surface area contributed by atoms with Crippen LogP contribution >= 0.6 is 23.2 Å². The summed E-state index contributed by atoms with van der Waals surface area (Å²) in [7, 11) is 0. The molecule has 1 amide bonds. The highest BCUT2D eigenvalue weighted by Crippen LogP contribution is 2.39. The Labute approximate surface area is 117 Å². The highest BCUT2D eigenvalue weighted by molar-refractivity contribution is 6.39. The van der Waals surface area contributed by atoms with Gasteiger partial charge in [0.1, 0.15) is 0 Å². The van der Waals surface area contributed by atoms with Crippen molar-refractivity contribution >= 4 is 40.5 Å². The normalized spacial score (nSPS) is 17.7. The molecule has 0 aliphatic heterocycles. The minimum atomic E-state index is -0.277. The highest BCUT2D eigenvalue weighted by Gasteiger charge is 2.36. The molecule has 1 aromatic carbocycles. The van der Waals surface area contributed by atoms with Gasteiger partial charge in [-0.3, -0.25) is 4.79 Å². The molecule has 1 saturated carbocycles. The number of carbonyl (C=O) groups is 1. The van der Waals surface area contributed by atoms with Crippen molar-refractivity contribution < 1.29 is 4.79 Å². The van der Waals surface area contributed by atoms with Crippen molar-refractivity contribution in [2.24, 2.45) is 5.41 Å². The van der Waals surface area contributed by atoms with Crippen LogP contribution in [0.3, 0.4) is 0 Å². The van der Waals surface area contributed by atoms with Crippen LogP contribution in [0.2, 0.25) is 10.0 Å². The Balaban J connectivity index is 2.17. The summed E-state index contributed by atoms with van der Waals surface area (Å²) in [4.78, 5) is 12.2. The largest absolute Gasteiger partial charge is 0.396 e. The molecular formula is C13H16Cl2N2O. The molecule has 0 spiro atoms. The Morgan fingerprint density at radius 2 is 1.78 bits per heavy atom. The van der Waals surface area contributed by atoms with E-state index < -0.39 is 0 Å².